The van der Waals surface area contributed by atoms with Gasteiger partial charge < -0.3 is 4.42 Å². The van der Waals surface area contributed by atoms with Gasteiger partial charge in [-0.1, -0.05) is 77.9 Å². The van der Waals surface area contributed by atoms with Gasteiger partial charge in [-0.25, -0.2) is 0 Å². The molecule has 0 aliphatic heterocycles. The fraction of sp³-hybridized carbons (Fsp3) is 0.361. The van der Waals surface area contributed by atoms with E-state index in [9.17, 15) is 0 Å². The molecular formula is C36H39NO. The number of furan rings is 1. The molecule has 0 atom stereocenters. The van der Waals surface area contributed by atoms with Crippen LogP contribution in [0.3, 0.4) is 0 Å². The Hall–Kier alpha value is -3.39. The Morgan fingerprint density at radius 2 is 1.45 bits per heavy atom. The highest BCUT2D eigenvalue weighted by atomic mass is 16.3. The largest absolute Gasteiger partial charge is 0.455 e. The SMILES string of the molecule is Cc1ccnc(-c2c(C)ccc3c2oc2cc4c(cc23)-c2ccccc2C4(CC(C)(C)C)CC(C)(C)C)c1. The third kappa shape index (κ3) is 3.97. The normalized spacial score (nSPS) is 14.7. The van der Waals surface area contributed by atoms with Crippen molar-refractivity contribution in [3.05, 3.63) is 89.1 Å². The molecule has 2 heteroatoms. The predicted octanol–water partition coefficient (Wildman–Crippen LogP) is 10.4. The third-order valence-corrected chi connectivity index (χ3v) is 8.07. The van der Waals surface area contributed by atoms with Gasteiger partial charge in [0.15, 0.2) is 0 Å². The van der Waals surface area contributed by atoms with E-state index in [-0.39, 0.29) is 16.2 Å². The smallest absolute Gasteiger partial charge is 0.145 e. The lowest BCUT2D eigenvalue weighted by atomic mass is 9.62. The maximum Gasteiger partial charge on any atom is 0.145 e. The number of hydrogen-bond donors (Lipinski definition) is 0. The second-order valence-electron chi connectivity index (χ2n) is 14.0. The number of aromatic nitrogens is 1. The predicted molar refractivity (Wildman–Crippen MR) is 161 cm³/mol. The van der Waals surface area contributed by atoms with Gasteiger partial charge in [0.2, 0.25) is 0 Å². The van der Waals surface area contributed by atoms with Gasteiger partial charge in [0.05, 0.1) is 5.69 Å². The highest BCUT2D eigenvalue weighted by Crippen LogP contribution is 2.59. The van der Waals surface area contributed by atoms with Crippen molar-refractivity contribution in [3.63, 3.8) is 0 Å². The lowest BCUT2D eigenvalue weighted by Gasteiger charge is -2.42. The van der Waals surface area contributed by atoms with Crippen molar-refractivity contribution in [2.24, 2.45) is 10.8 Å². The first-order chi connectivity index (χ1) is 17.9. The highest BCUT2D eigenvalue weighted by molar-refractivity contribution is 6.12. The molecule has 0 spiro atoms. The molecule has 194 valence electrons. The van der Waals surface area contributed by atoms with Gasteiger partial charge in [-0.05, 0) is 95.2 Å². The van der Waals surface area contributed by atoms with Crippen LogP contribution in [0.1, 0.15) is 76.6 Å². The second-order valence-corrected chi connectivity index (χ2v) is 14.0. The summed E-state index contributed by atoms with van der Waals surface area (Å²) in [7, 11) is 0. The molecule has 2 nitrogen and oxygen atoms in total. The maximum atomic E-state index is 6.80. The Bertz CT molecular complexity index is 1690. The van der Waals surface area contributed by atoms with Crippen molar-refractivity contribution in [2.75, 3.05) is 0 Å². The van der Waals surface area contributed by atoms with Crippen molar-refractivity contribution in [1.82, 2.24) is 4.98 Å². The Morgan fingerprint density at radius 1 is 0.737 bits per heavy atom. The van der Waals surface area contributed by atoms with Crippen LogP contribution < -0.4 is 0 Å². The van der Waals surface area contributed by atoms with Crippen LogP contribution >= 0.6 is 0 Å². The van der Waals surface area contributed by atoms with Gasteiger partial charge in [-0.2, -0.15) is 0 Å². The van der Waals surface area contributed by atoms with E-state index in [4.69, 9.17) is 9.40 Å². The van der Waals surface area contributed by atoms with Gasteiger partial charge >= 0.3 is 0 Å². The molecule has 6 rings (SSSR count). The van der Waals surface area contributed by atoms with Crippen molar-refractivity contribution >= 4 is 21.9 Å². The first-order valence-corrected chi connectivity index (χ1v) is 13.9. The molecule has 2 aromatic heterocycles. The average molecular weight is 502 g/mol. The number of rotatable bonds is 3. The van der Waals surface area contributed by atoms with Gasteiger partial charge in [0.25, 0.3) is 0 Å². The summed E-state index contributed by atoms with van der Waals surface area (Å²) >= 11 is 0. The first kappa shape index (κ1) is 24.9. The van der Waals surface area contributed by atoms with E-state index in [2.05, 4.69) is 110 Å². The number of fused-ring (bicyclic) bond motifs is 6. The molecule has 0 saturated carbocycles. The monoisotopic (exact) mass is 501 g/mol. The molecule has 1 aliphatic rings. The van der Waals surface area contributed by atoms with Crippen molar-refractivity contribution in [2.45, 2.75) is 73.6 Å². The zero-order valence-electron chi connectivity index (χ0n) is 24.1. The highest BCUT2D eigenvalue weighted by Gasteiger charge is 2.47. The fourth-order valence-electron chi connectivity index (χ4n) is 7.13. The summed E-state index contributed by atoms with van der Waals surface area (Å²) in [5.74, 6) is 0. The van der Waals surface area contributed by atoms with Gasteiger partial charge in [-0.3, -0.25) is 4.98 Å². The Labute approximate surface area is 227 Å². The summed E-state index contributed by atoms with van der Waals surface area (Å²) in [6.45, 7) is 18.5. The lowest BCUT2D eigenvalue weighted by Crippen LogP contribution is -2.35. The molecule has 0 saturated heterocycles. The van der Waals surface area contributed by atoms with E-state index in [1.807, 2.05) is 12.3 Å². The molecule has 0 bridgehead atoms. The van der Waals surface area contributed by atoms with Gasteiger partial charge in [-0.15, -0.1) is 0 Å². The van der Waals surface area contributed by atoms with Crippen LogP contribution in [0.4, 0.5) is 0 Å². The zero-order chi connectivity index (χ0) is 27.0. The number of pyridine rings is 1. The summed E-state index contributed by atoms with van der Waals surface area (Å²) in [6.07, 6.45) is 4.07. The van der Waals surface area contributed by atoms with E-state index in [1.165, 1.54) is 38.8 Å². The quantitative estimate of drug-likeness (QED) is 0.246. The minimum atomic E-state index is -0.0631. The molecule has 2 heterocycles. The Kier molecular flexibility index (Phi) is 5.44. The number of benzene rings is 3. The van der Waals surface area contributed by atoms with Crippen LogP contribution in [0.2, 0.25) is 0 Å². The van der Waals surface area contributed by atoms with Gasteiger partial charge in [0.1, 0.15) is 11.2 Å². The minimum absolute atomic E-state index is 0.0631. The van der Waals surface area contributed by atoms with Crippen LogP contribution in [0.5, 0.6) is 0 Å². The molecule has 38 heavy (non-hydrogen) atoms. The maximum absolute atomic E-state index is 6.80. The molecule has 0 fully saturated rings. The molecule has 1 aliphatic carbocycles. The molecule has 0 N–H and O–H groups in total. The summed E-state index contributed by atoms with van der Waals surface area (Å²) in [5, 5.41) is 2.35. The van der Waals surface area contributed by atoms with Crippen LogP contribution in [0.25, 0.3) is 44.3 Å². The van der Waals surface area contributed by atoms with E-state index >= 15 is 0 Å². The van der Waals surface area contributed by atoms with Gasteiger partial charge in [0, 0.05) is 27.9 Å². The summed E-state index contributed by atoms with van der Waals surface area (Å²) < 4.78 is 6.80. The second kappa shape index (κ2) is 8.30. The van der Waals surface area contributed by atoms with E-state index in [1.54, 1.807) is 0 Å². The topological polar surface area (TPSA) is 26.0 Å². The summed E-state index contributed by atoms with van der Waals surface area (Å²) in [4.78, 5) is 4.73. The Balaban J connectivity index is 1.68. The molecule has 0 amide bonds. The first-order valence-electron chi connectivity index (χ1n) is 13.9. The van der Waals surface area contributed by atoms with Crippen LogP contribution in [0.15, 0.2) is 71.3 Å². The Morgan fingerprint density at radius 3 is 2.13 bits per heavy atom. The van der Waals surface area contributed by atoms with E-state index in [0.29, 0.717) is 0 Å². The van der Waals surface area contributed by atoms with E-state index < -0.39 is 0 Å². The van der Waals surface area contributed by atoms with Crippen molar-refractivity contribution < 1.29 is 4.42 Å². The number of aryl methyl sites for hydroxylation is 2. The van der Waals surface area contributed by atoms with Crippen LogP contribution in [-0.4, -0.2) is 4.98 Å². The molecule has 0 radical (unpaired) electrons. The third-order valence-electron chi connectivity index (χ3n) is 8.07. The summed E-state index contributed by atoms with van der Waals surface area (Å²) in [5.41, 5.74) is 12.3. The minimum Gasteiger partial charge on any atom is -0.455 e. The lowest BCUT2D eigenvalue weighted by molar-refractivity contribution is 0.214. The van der Waals surface area contributed by atoms with E-state index in [0.717, 1.165) is 40.7 Å². The zero-order valence-corrected chi connectivity index (χ0v) is 24.1. The average Bonchev–Trinajstić information content (AvgIpc) is 3.29. The fourth-order valence-corrected chi connectivity index (χ4v) is 7.13. The standard InChI is InChI=1S/C36H39NO/c1-22-15-16-37-30(17-22)32-23(2)13-14-25-27-18-26-24-11-9-10-12-28(24)36(20-34(3,4)5,21-35(6,7)8)29(26)19-31(27)38-33(25)32/h9-19H,20-21H2,1-8H3. The van der Waals surface area contributed by atoms with Crippen LogP contribution in [-0.2, 0) is 5.41 Å². The molecular weight excluding hydrogens is 462 g/mol. The van der Waals surface area contributed by atoms with Crippen LogP contribution in [0, 0.1) is 24.7 Å². The number of hydrogen-bond acceptors (Lipinski definition) is 2. The molecule has 0 unspecified atom stereocenters. The summed E-state index contributed by atoms with van der Waals surface area (Å²) in [6, 6.07) is 22.5. The molecule has 5 aromatic rings. The number of nitrogens with zero attached hydrogens (tertiary/aromatic N) is 1. The molecule has 3 aromatic carbocycles. The van der Waals surface area contributed by atoms with Crippen molar-refractivity contribution in [3.8, 4) is 22.4 Å². The van der Waals surface area contributed by atoms with Crippen molar-refractivity contribution in [1.29, 1.82) is 0 Å².